The summed E-state index contributed by atoms with van der Waals surface area (Å²) in [6.45, 7) is 4.96. The van der Waals surface area contributed by atoms with Crippen LogP contribution >= 0.6 is 0 Å². The third-order valence-corrected chi connectivity index (χ3v) is 3.47. The molecule has 1 atom stereocenters. The molecule has 0 saturated carbocycles. The van der Waals surface area contributed by atoms with Gasteiger partial charge in [-0.15, -0.1) is 0 Å². The zero-order valence-electron chi connectivity index (χ0n) is 11.8. The standard InChI is InChI=1S/C15H21N3O2/c1-12-10-16-7-8-18(12)11-15(20)17-14(19)9-13-5-3-2-4-6-13/h2-6,12,16H,7-11H2,1H3,(H,17,19,20). The van der Waals surface area contributed by atoms with Crippen molar-refractivity contribution in [1.29, 1.82) is 0 Å². The first-order valence-corrected chi connectivity index (χ1v) is 6.96. The lowest BCUT2D eigenvalue weighted by molar-refractivity contribution is -0.131. The lowest BCUT2D eigenvalue weighted by atomic mass is 10.1. The van der Waals surface area contributed by atoms with Crippen LogP contribution in [0.25, 0.3) is 0 Å². The van der Waals surface area contributed by atoms with Crippen molar-refractivity contribution in [3.63, 3.8) is 0 Å². The molecule has 1 fully saturated rings. The number of hydrogen-bond donors (Lipinski definition) is 2. The van der Waals surface area contributed by atoms with E-state index in [2.05, 4.69) is 22.5 Å². The minimum atomic E-state index is -0.246. The van der Waals surface area contributed by atoms with Crippen LogP contribution in [0.1, 0.15) is 12.5 Å². The summed E-state index contributed by atoms with van der Waals surface area (Å²) in [4.78, 5) is 25.7. The molecule has 5 nitrogen and oxygen atoms in total. The van der Waals surface area contributed by atoms with Crippen LogP contribution in [0, 0.1) is 0 Å². The number of piperazine rings is 1. The molecule has 1 aromatic carbocycles. The molecule has 1 heterocycles. The Hall–Kier alpha value is -1.72. The van der Waals surface area contributed by atoms with Crippen LogP contribution in [0.3, 0.4) is 0 Å². The summed E-state index contributed by atoms with van der Waals surface area (Å²) in [5.74, 6) is -0.469. The van der Waals surface area contributed by atoms with E-state index in [1.807, 2.05) is 30.3 Å². The highest BCUT2D eigenvalue weighted by Gasteiger charge is 2.20. The van der Waals surface area contributed by atoms with Crippen LogP contribution in [-0.4, -0.2) is 48.9 Å². The number of carbonyl (C=O) groups is 2. The zero-order valence-corrected chi connectivity index (χ0v) is 11.8. The minimum Gasteiger partial charge on any atom is -0.314 e. The van der Waals surface area contributed by atoms with Gasteiger partial charge in [0, 0.05) is 25.7 Å². The maximum atomic E-state index is 11.9. The number of carbonyl (C=O) groups excluding carboxylic acids is 2. The van der Waals surface area contributed by atoms with Gasteiger partial charge in [-0.2, -0.15) is 0 Å². The highest BCUT2D eigenvalue weighted by atomic mass is 16.2. The maximum absolute atomic E-state index is 11.9. The van der Waals surface area contributed by atoms with Gasteiger partial charge in [0.05, 0.1) is 13.0 Å². The fourth-order valence-corrected chi connectivity index (χ4v) is 2.32. The van der Waals surface area contributed by atoms with Gasteiger partial charge in [-0.05, 0) is 12.5 Å². The smallest absolute Gasteiger partial charge is 0.240 e. The molecule has 2 N–H and O–H groups in total. The second-order valence-electron chi connectivity index (χ2n) is 5.16. The van der Waals surface area contributed by atoms with E-state index in [1.54, 1.807) is 0 Å². The fraction of sp³-hybridized carbons (Fsp3) is 0.467. The summed E-state index contributed by atoms with van der Waals surface area (Å²) >= 11 is 0. The molecule has 2 rings (SSSR count). The molecule has 0 spiro atoms. The molecule has 0 bridgehead atoms. The number of hydrogen-bond acceptors (Lipinski definition) is 4. The van der Waals surface area contributed by atoms with Gasteiger partial charge in [0.15, 0.2) is 0 Å². The molecule has 2 amide bonds. The number of imide groups is 1. The second kappa shape index (κ2) is 7.17. The third kappa shape index (κ3) is 4.43. The highest BCUT2D eigenvalue weighted by Crippen LogP contribution is 2.02. The van der Waals surface area contributed by atoms with E-state index in [1.165, 1.54) is 0 Å². The Labute approximate surface area is 119 Å². The predicted octanol–water partition coefficient (Wildman–Crippen LogP) is 0.166. The van der Waals surface area contributed by atoms with E-state index >= 15 is 0 Å². The Morgan fingerprint density at radius 2 is 2.05 bits per heavy atom. The number of rotatable bonds is 4. The molecule has 1 aromatic rings. The summed E-state index contributed by atoms with van der Waals surface area (Å²) in [6.07, 6.45) is 0.240. The van der Waals surface area contributed by atoms with Gasteiger partial charge in [0.1, 0.15) is 0 Å². The Morgan fingerprint density at radius 3 is 2.75 bits per heavy atom. The monoisotopic (exact) mass is 275 g/mol. The van der Waals surface area contributed by atoms with Crippen molar-refractivity contribution in [3.05, 3.63) is 35.9 Å². The summed E-state index contributed by atoms with van der Waals surface area (Å²) in [5.41, 5.74) is 0.911. The Kier molecular flexibility index (Phi) is 5.26. The fourth-order valence-electron chi connectivity index (χ4n) is 2.32. The van der Waals surface area contributed by atoms with Crippen molar-refractivity contribution in [1.82, 2.24) is 15.5 Å². The van der Waals surface area contributed by atoms with Crippen molar-refractivity contribution in [2.75, 3.05) is 26.2 Å². The van der Waals surface area contributed by atoms with Gasteiger partial charge in [0.2, 0.25) is 11.8 Å². The average Bonchev–Trinajstić information content (AvgIpc) is 2.42. The van der Waals surface area contributed by atoms with Gasteiger partial charge in [-0.3, -0.25) is 19.8 Å². The zero-order chi connectivity index (χ0) is 14.4. The summed E-state index contributed by atoms with van der Waals surface area (Å²) in [6, 6.07) is 9.74. The molecular weight excluding hydrogens is 254 g/mol. The molecule has 108 valence electrons. The summed E-state index contributed by atoms with van der Waals surface area (Å²) in [5, 5.41) is 5.73. The van der Waals surface area contributed by atoms with Crippen molar-refractivity contribution < 1.29 is 9.59 Å². The molecule has 0 aromatic heterocycles. The van der Waals surface area contributed by atoms with Gasteiger partial charge >= 0.3 is 0 Å². The quantitative estimate of drug-likeness (QED) is 0.822. The van der Waals surface area contributed by atoms with Gasteiger partial charge < -0.3 is 5.32 Å². The highest BCUT2D eigenvalue weighted by molar-refractivity contribution is 5.96. The number of amides is 2. The molecule has 1 aliphatic rings. The average molecular weight is 275 g/mol. The van der Waals surface area contributed by atoms with Crippen LogP contribution < -0.4 is 10.6 Å². The van der Waals surface area contributed by atoms with E-state index in [-0.39, 0.29) is 24.8 Å². The number of benzene rings is 1. The maximum Gasteiger partial charge on any atom is 0.240 e. The lowest BCUT2D eigenvalue weighted by Crippen LogP contribution is -2.53. The molecular formula is C15H21N3O2. The number of nitrogens with zero attached hydrogens (tertiary/aromatic N) is 1. The molecule has 0 radical (unpaired) electrons. The molecule has 1 unspecified atom stereocenters. The number of nitrogens with one attached hydrogen (secondary N) is 2. The van der Waals surface area contributed by atoms with E-state index in [4.69, 9.17) is 0 Å². The summed E-state index contributed by atoms with van der Waals surface area (Å²) < 4.78 is 0. The van der Waals surface area contributed by atoms with Gasteiger partial charge in [-0.1, -0.05) is 30.3 Å². The minimum absolute atomic E-state index is 0.223. The second-order valence-corrected chi connectivity index (χ2v) is 5.16. The molecule has 0 aliphatic carbocycles. The predicted molar refractivity (Wildman–Crippen MR) is 77.2 cm³/mol. The first-order chi connectivity index (χ1) is 9.65. The van der Waals surface area contributed by atoms with Crippen molar-refractivity contribution >= 4 is 11.8 Å². The van der Waals surface area contributed by atoms with Crippen LogP contribution in [0.5, 0.6) is 0 Å². The normalized spacial score (nSPS) is 19.6. The van der Waals surface area contributed by atoms with E-state index in [0.29, 0.717) is 6.04 Å². The van der Waals surface area contributed by atoms with E-state index in [0.717, 1.165) is 25.2 Å². The first kappa shape index (κ1) is 14.7. The Balaban J connectivity index is 1.77. The van der Waals surface area contributed by atoms with E-state index < -0.39 is 0 Å². The van der Waals surface area contributed by atoms with Crippen LogP contribution in [-0.2, 0) is 16.0 Å². The molecule has 5 heteroatoms. The topological polar surface area (TPSA) is 61.4 Å². The van der Waals surface area contributed by atoms with Crippen LogP contribution in [0.2, 0.25) is 0 Å². The van der Waals surface area contributed by atoms with Crippen molar-refractivity contribution in [2.45, 2.75) is 19.4 Å². The Bertz CT molecular complexity index is 461. The van der Waals surface area contributed by atoms with Gasteiger partial charge in [-0.25, -0.2) is 0 Å². The van der Waals surface area contributed by atoms with Crippen molar-refractivity contribution in [2.24, 2.45) is 0 Å². The lowest BCUT2D eigenvalue weighted by Gasteiger charge is -2.33. The molecule has 1 aliphatic heterocycles. The van der Waals surface area contributed by atoms with Gasteiger partial charge in [0.25, 0.3) is 0 Å². The third-order valence-electron chi connectivity index (χ3n) is 3.47. The van der Waals surface area contributed by atoms with Crippen LogP contribution in [0.4, 0.5) is 0 Å². The van der Waals surface area contributed by atoms with Crippen LogP contribution in [0.15, 0.2) is 30.3 Å². The van der Waals surface area contributed by atoms with Crippen molar-refractivity contribution in [3.8, 4) is 0 Å². The SMILES string of the molecule is CC1CNCCN1CC(=O)NC(=O)Cc1ccccc1. The molecule has 1 saturated heterocycles. The summed E-state index contributed by atoms with van der Waals surface area (Å²) in [7, 11) is 0. The Morgan fingerprint density at radius 1 is 1.30 bits per heavy atom. The molecule has 20 heavy (non-hydrogen) atoms. The largest absolute Gasteiger partial charge is 0.314 e. The first-order valence-electron chi connectivity index (χ1n) is 6.96. The van der Waals surface area contributed by atoms with E-state index in [9.17, 15) is 9.59 Å².